The van der Waals surface area contributed by atoms with Crippen LogP contribution in [0.5, 0.6) is 0 Å². The number of carbonyl (C=O) groups excluding carboxylic acids is 2. The molecule has 3 N–H and O–H groups in total. The maximum Gasteiger partial charge on any atom is 0.230 e. The number of anilines is 2. The summed E-state index contributed by atoms with van der Waals surface area (Å²) in [6.45, 7) is 6.16. The number of hydrogen-bond donors (Lipinski definition) is 3. The smallest absolute Gasteiger partial charge is 0.230 e. The van der Waals surface area contributed by atoms with Gasteiger partial charge in [-0.2, -0.15) is 0 Å². The summed E-state index contributed by atoms with van der Waals surface area (Å²) in [4.78, 5) is 28.0. The van der Waals surface area contributed by atoms with Gasteiger partial charge in [-0.25, -0.2) is 4.98 Å². The van der Waals surface area contributed by atoms with Crippen LogP contribution in [-0.4, -0.2) is 24.2 Å². The summed E-state index contributed by atoms with van der Waals surface area (Å²) in [6.07, 6.45) is 4.65. The van der Waals surface area contributed by atoms with Gasteiger partial charge in [0.1, 0.15) is 5.82 Å². The average Bonchev–Trinajstić information content (AvgIpc) is 3.07. The number of aryl methyl sites for hydroxylation is 1. The number of nitrogens with zero attached hydrogens (tertiary/aromatic N) is 1. The summed E-state index contributed by atoms with van der Waals surface area (Å²) in [5.41, 5.74) is 5.87. The van der Waals surface area contributed by atoms with Crippen LogP contribution in [0, 0.1) is 12.8 Å². The Morgan fingerprint density at radius 1 is 1.28 bits per heavy atom. The SMILES string of the molecule is CN/C(=C(\C=C(/C=O)c1cccc(C)c1)Nc1ccnc2c1CC(=O)N2)C(C)C. The number of hydrogen-bond acceptors (Lipinski definition) is 5. The molecule has 0 radical (unpaired) electrons. The highest BCUT2D eigenvalue weighted by atomic mass is 16.1. The Kier molecular flexibility index (Phi) is 6.12. The quantitative estimate of drug-likeness (QED) is 0.382. The number of fused-ring (bicyclic) bond motifs is 1. The number of amides is 1. The minimum absolute atomic E-state index is 0.0751. The molecule has 3 rings (SSSR count). The molecular formula is C23H26N4O2. The molecule has 0 atom stereocenters. The van der Waals surface area contributed by atoms with Crippen LogP contribution >= 0.6 is 0 Å². The summed E-state index contributed by atoms with van der Waals surface area (Å²) in [7, 11) is 1.86. The van der Waals surface area contributed by atoms with E-state index < -0.39 is 0 Å². The predicted molar refractivity (Wildman–Crippen MR) is 116 cm³/mol. The molecule has 1 aliphatic heterocycles. The Labute approximate surface area is 171 Å². The fourth-order valence-electron chi connectivity index (χ4n) is 3.46. The zero-order valence-corrected chi connectivity index (χ0v) is 17.2. The number of benzene rings is 1. The van der Waals surface area contributed by atoms with Crippen molar-refractivity contribution in [2.45, 2.75) is 27.2 Å². The van der Waals surface area contributed by atoms with E-state index in [4.69, 9.17) is 0 Å². The number of allylic oxidation sites excluding steroid dienone is 3. The third kappa shape index (κ3) is 4.54. The first-order valence-corrected chi connectivity index (χ1v) is 9.63. The Morgan fingerprint density at radius 3 is 2.72 bits per heavy atom. The van der Waals surface area contributed by atoms with Gasteiger partial charge >= 0.3 is 0 Å². The van der Waals surface area contributed by atoms with Crippen molar-refractivity contribution in [2.24, 2.45) is 5.92 Å². The number of carbonyl (C=O) groups is 2. The summed E-state index contributed by atoms with van der Waals surface area (Å²) in [5, 5.41) is 9.45. The highest BCUT2D eigenvalue weighted by Gasteiger charge is 2.23. The molecule has 1 aromatic carbocycles. The summed E-state index contributed by atoms with van der Waals surface area (Å²) in [5.74, 6) is 0.695. The van der Waals surface area contributed by atoms with E-state index in [0.717, 1.165) is 40.1 Å². The molecule has 6 nitrogen and oxygen atoms in total. The van der Waals surface area contributed by atoms with Crippen LogP contribution < -0.4 is 16.0 Å². The molecule has 6 heteroatoms. The van der Waals surface area contributed by atoms with Gasteiger partial charge < -0.3 is 16.0 Å². The average molecular weight is 390 g/mol. The third-order valence-electron chi connectivity index (χ3n) is 4.84. The molecule has 0 fully saturated rings. The van der Waals surface area contributed by atoms with Gasteiger partial charge in [0.2, 0.25) is 5.91 Å². The molecule has 0 saturated heterocycles. The van der Waals surface area contributed by atoms with Gasteiger partial charge in [-0.15, -0.1) is 0 Å². The molecule has 150 valence electrons. The van der Waals surface area contributed by atoms with Crippen LogP contribution in [0.25, 0.3) is 5.57 Å². The van der Waals surface area contributed by atoms with Crippen LogP contribution in [0.4, 0.5) is 11.5 Å². The van der Waals surface area contributed by atoms with Gasteiger partial charge in [0.05, 0.1) is 12.1 Å². The van der Waals surface area contributed by atoms with Gasteiger partial charge in [-0.05, 0) is 30.5 Å². The van der Waals surface area contributed by atoms with E-state index in [0.29, 0.717) is 11.4 Å². The second kappa shape index (κ2) is 8.73. The first-order valence-electron chi connectivity index (χ1n) is 9.63. The summed E-state index contributed by atoms with van der Waals surface area (Å²) in [6, 6.07) is 9.68. The van der Waals surface area contributed by atoms with Crippen LogP contribution in [0.15, 0.2) is 54.0 Å². The molecule has 0 bridgehead atoms. The predicted octanol–water partition coefficient (Wildman–Crippen LogP) is 3.67. The first-order chi connectivity index (χ1) is 13.9. The van der Waals surface area contributed by atoms with Gasteiger partial charge in [0, 0.05) is 35.8 Å². The second-order valence-corrected chi connectivity index (χ2v) is 7.35. The molecule has 2 heterocycles. The van der Waals surface area contributed by atoms with E-state index >= 15 is 0 Å². The van der Waals surface area contributed by atoms with Gasteiger partial charge in [0.15, 0.2) is 6.29 Å². The number of aromatic nitrogens is 1. The van der Waals surface area contributed by atoms with Crippen molar-refractivity contribution < 1.29 is 9.59 Å². The normalized spacial score (nSPS) is 14.2. The lowest BCUT2D eigenvalue weighted by atomic mass is 10.0. The number of rotatable bonds is 7. The van der Waals surface area contributed by atoms with E-state index in [-0.39, 0.29) is 18.2 Å². The molecular weight excluding hydrogens is 364 g/mol. The van der Waals surface area contributed by atoms with Crippen molar-refractivity contribution in [2.75, 3.05) is 17.7 Å². The zero-order valence-electron chi connectivity index (χ0n) is 17.2. The van der Waals surface area contributed by atoms with Crippen LogP contribution in [0.1, 0.15) is 30.5 Å². The standard InChI is InChI=1S/C23H26N4O2/c1-14(2)22(24-4)20(11-17(13-28)16-7-5-6-15(3)10-16)26-19-8-9-25-23-18(19)12-21(29)27-23/h5-11,13-14,24H,12H2,1-4H3,(H2,25,26,27,29)/b17-11+,22-20+. The van der Waals surface area contributed by atoms with Crippen molar-refractivity contribution in [3.63, 3.8) is 0 Å². The maximum absolute atomic E-state index is 11.9. The molecule has 1 aromatic heterocycles. The van der Waals surface area contributed by atoms with Gasteiger partial charge in [-0.1, -0.05) is 43.7 Å². The summed E-state index contributed by atoms with van der Waals surface area (Å²) >= 11 is 0. The third-order valence-corrected chi connectivity index (χ3v) is 4.84. The minimum atomic E-state index is -0.0751. The lowest BCUT2D eigenvalue weighted by Crippen LogP contribution is -2.18. The highest BCUT2D eigenvalue weighted by molar-refractivity contribution is 6.08. The first kappa shape index (κ1) is 20.3. The molecule has 29 heavy (non-hydrogen) atoms. The monoisotopic (exact) mass is 390 g/mol. The largest absolute Gasteiger partial charge is 0.390 e. The van der Waals surface area contributed by atoms with Crippen molar-refractivity contribution in [3.05, 3.63) is 70.7 Å². The molecule has 1 aliphatic rings. The van der Waals surface area contributed by atoms with Crippen molar-refractivity contribution in [3.8, 4) is 0 Å². The molecule has 0 spiro atoms. The second-order valence-electron chi connectivity index (χ2n) is 7.35. The molecule has 0 saturated carbocycles. The Morgan fingerprint density at radius 2 is 2.07 bits per heavy atom. The van der Waals surface area contributed by atoms with Crippen LogP contribution in [0.2, 0.25) is 0 Å². The Balaban J connectivity index is 2.09. The van der Waals surface area contributed by atoms with Crippen LogP contribution in [0.3, 0.4) is 0 Å². The number of nitrogens with one attached hydrogen (secondary N) is 3. The number of aldehydes is 1. The fraction of sp³-hybridized carbons (Fsp3) is 0.261. The van der Waals surface area contributed by atoms with Crippen molar-refractivity contribution in [1.29, 1.82) is 0 Å². The summed E-state index contributed by atoms with van der Waals surface area (Å²) < 4.78 is 0. The Bertz CT molecular complexity index is 1010. The maximum atomic E-state index is 11.9. The lowest BCUT2D eigenvalue weighted by Gasteiger charge is -2.19. The molecule has 2 aromatic rings. The van der Waals surface area contributed by atoms with E-state index in [1.54, 1.807) is 6.20 Å². The van der Waals surface area contributed by atoms with Gasteiger partial charge in [0.25, 0.3) is 0 Å². The zero-order chi connectivity index (χ0) is 21.0. The minimum Gasteiger partial charge on any atom is -0.390 e. The number of pyridine rings is 1. The Hall–Kier alpha value is -3.41. The molecule has 1 amide bonds. The van der Waals surface area contributed by atoms with Gasteiger partial charge in [-0.3, -0.25) is 9.59 Å². The van der Waals surface area contributed by atoms with Crippen molar-refractivity contribution >= 4 is 29.3 Å². The van der Waals surface area contributed by atoms with E-state index in [1.165, 1.54) is 0 Å². The van der Waals surface area contributed by atoms with Crippen LogP contribution in [-0.2, 0) is 16.0 Å². The molecule has 0 unspecified atom stereocenters. The highest BCUT2D eigenvalue weighted by Crippen LogP contribution is 2.30. The molecule has 0 aliphatic carbocycles. The van der Waals surface area contributed by atoms with Crippen molar-refractivity contribution in [1.82, 2.24) is 10.3 Å². The van der Waals surface area contributed by atoms with E-state index in [1.807, 2.05) is 50.4 Å². The van der Waals surface area contributed by atoms with E-state index in [2.05, 4.69) is 34.8 Å². The lowest BCUT2D eigenvalue weighted by molar-refractivity contribution is -0.115. The fourth-order valence-corrected chi connectivity index (χ4v) is 3.46. The van der Waals surface area contributed by atoms with E-state index in [9.17, 15) is 9.59 Å². The topological polar surface area (TPSA) is 83.1 Å².